The number of nitrogens with one attached hydrogen (secondary N) is 1. The van der Waals surface area contributed by atoms with Crippen molar-refractivity contribution in [2.24, 2.45) is 0 Å². The van der Waals surface area contributed by atoms with Gasteiger partial charge in [-0.1, -0.05) is 42.6 Å². The van der Waals surface area contributed by atoms with Crippen LogP contribution in [0.25, 0.3) is 0 Å². The molecule has 0 spiro atoms. The molecule has 1 aromatic rings. The molecule has 1 aliphatic carbocycles. The zero-order valence-corrected chi connectivity index (χ0v) is 13.2. The van der Waals surface area contributed by atoms with E-state index in [2.05, 4.69) is 24.3 Å². The molecule has 20 heavy (non-hydrogen) atoms. The monoisotopic (exact) mass is 296 g/mol. The van der Waals surface area contributed by atoms with Crippen molar-refractivity contribution in [2.45, 2.75) is 37.3 Å². The summed E-state index contributed by atoms with van der Waals surface area (Å²) < 4.78 is 0. The maximum absolute atomic E-state index is 10.2. The quantitative estimate of drug-likeness (QED) is 0.847. The predicted octanol–water partition coefficient (Wildman–Crippen LogP) is 2.84. The number of nitrogens with zero attached hydrogens (tertiary/aromatic N) is 1. The lowest BCUT2D eigenvalue weighted by Crippen LogP contribution is -2.50. The van der Waals surface area contributed by atoms with Gasteiger partial charge in [0.05, 0.1) is 6.10 Å². The van der Waals surface area contributed by atoms with Crippen LogP contribution in [0.2, 0.25) is 5.02 Å². The molecule has 1 aliphatic rings. The van der Waals surface area contributed by atoms with Crippen LogP contribution in [-0.2, 0) is 0 Å². The van der Waals surface area contributed by atoms with Gasteiger partial charge in [0.25, 0.3) is 0 Å². The van der Waals surface area contributed by atoms with E-state index in [9.17, 15) is 5.11 Å². The molecule has 1 aromatic carbocycles. The van der Waals surface area contributed by atoms with Crippen LogP contribution >= 0.6 is 11.6 Å². The van der Waals surface area contributed by atoms with E-state index in [1.807, 2.05) is 24.3 Å². The number of aliphatic hydroxyl groups is 1. The van der Waals surface area contributed by atoms with Crippen molar-refractivity contribution in [3.8, 4) is 0 Å². The fourth-order valence-corrected chi connectivity index (χ4v) is 3.37. The maximum atomic E-state index is 10.2. The number of likely N-dealkylation sites (N-methyl/N-ethyl adjacent to an activating group) is 1. The van der Waals surface area contributed by atoms with E-state index >= 15 is 0 Å². The van der Waals surface area contributed by atoms with E-state index < -0.39 is 6.10 Å². The molecule has 0 bridgehead atoms. The molecule has 3 nitrogen and oxygen atoms in total. The first-order valence-electron chi connectivity index (χ1n) is 7.36. The molecular formula is C16H25ClN2O. The zero-order valence-electron chi connectivity index (χ0n) is 12.4. The van der Waals surface area contributed by atoms with Crippen molar-refractivity contribution < 1.29 is 5.11 Å². The standard InChI is InChI=1S/C16H25ClN2O/c1-19(2)16(9-5-6-10-16)12-18-11-15(20)13-7-3-4-8-14(13)17/h3-4,7-8,15,18,20H,5-6,9-12H2,1-2H3. The van der Waals surface area contributed by atoms with Crippen molar-refractivity contribution in [1.82, 2.24) is 10.2 Å². The second-order valence-electron chi connectivity index (χ2n) is 5.99. The van der Waals surface area contributed by atoms with Gasteiger partial charge in [-0.05, 0) is 33.0 Å². The molecule has 0 heterocycles. The van der Waals surface area contributed by atoms with Crippen LogP contribution in [-0.4, -0.2) is 42.7 Å². The third-order valence-corrected chi connectivity index (χ3v) is 4.88. The van der Waals surface area contributed by atoms with Crippen LogP contribution in [0.3, 0.4) is 0 Å². The zero-order chi connectivity index (χ0) is 14.6. The summed E-state index contributed by atoms with van der Waals surface area (Å²) in [7, 11) is 4.30. The summed E-state index contributed by atoms with van der Waals surface area (Å²) in [6, 6.07) is 7.48. The number of hydrogen-bond donors (Lipinski definition) is 2. The molecule has 1 saturated carbocycles. The Morgan fingerprint density at radius 2 is 1.95 bits per heavy atom. The number of hydrogen-bond acceptors (Lipinski definition) is 3. The van der Waals surface area contributed by atoms with Crippen molar-refractivity contribution in [2.75, 3.05) is 27.2 Å². The summed E-state index contributed by atoms with van der Waals surface area (Å²) in [4.78, 5) is 2.33. The lowest BCUT2D eigenvalue weighted by atomic mass is 9.96. The first-order chi connectivity index (χ1) is 9.55. The predicted molar refractivity (Wildman–Crippen MR) is 84.2 cm³/mol. The summed E-state index contributed by atoms with van der Waals surface area (Å²) in [6.45, 7) is 1.46. The molecule has 0 radical (unpaired) electrons. The Kier molecular flexibility index (Phi) is 5.44. The van der Waals surface area contributed by atoms with E-state index in [4.69, 9.17) is 11.6 Å². The van der Waals surface area contributed by atoms with Crippen LogP contribution in [0.5, 0.6) is 0 Å². The average Bonchev–Trinajstić information content (AvgIpc) is 2.89. The Hall–Kier alpha value is -0.610. The smallest absolute Gasteiger partial charge is 0.0928 e. The second-order valence-corrected chi connectivity index (χ2v) is 6.40. The molecule has 2 N–H and O–H groups in total. The molecule has 0 aromatic heterocycles. The van der Waals surface area contributed by atoms with Gasteiger partial charge in [-0.15, -0.1) is 0 Å². The van der Waals surface area contributed by atoms with Gasteiger partial charge in [0.2, 0.25) is 0 Å². The minimum atomic E-state index is -0.552. The fourth-order valence-electron chi connectivity index (χ4n) is 3.11. The largest absolute Gasteiger partial charge is 0.387 e. The maximum Gasteiger partial charge on any atom is 0.0928 e. The van der Waals surface area contributed by atoms with Gasteiger partial charge in [0.1, 0.15) is 0 Å². The van der Waals surface area contributed by atoms with Gasteiger partial charge in [-0.3, -0.25) is 0 Å². The number of benzene rings is 1. The summed E-state index contributed by atoms with van der Waals surface area (Å²) in [6.07, 6.45) is 4.51. The summed E-state index contributed by atoms with van der Waals surface area (Å²) >= 11 is 6.11. The van der Waals surface area contributed by atoms with Gasteiger partial charge in [-0.2, -0.15) is 0 Å². The highest BCUT2D eigenvalue weighted by atomic mass is 35.5. The topological polar surface area (TPSA) is 35.5 Å². The Morgan fingerprint density at radius 3 is 2.55 bits per heavy atom. The molecule has 2 rings (SSSR count). The molecule has 112 valence electrons. The highest BCUT2D eigenvalue weighted by Gasteiger charge is 2.35. The van der Waals surface area contributed by atoms with Crippen molar-refractivity contribution in [3.05, 3.63) is 34.9 Å². The highest BCUT2D eigenvalue weighted by molar-refractivity contribution is 6.31. The normalized spacial score (nSPS) is 19.4. The summed E-state index contributed by atoms with van der Waals surface area (Å²) in [5.41, 5.74) is 1.05. The van der Waals surface area contributed by atoms with Crippen LogP contribution < -0.4 is 5.32 Å². The van der Waals surface area contributed by atoms with E-state index in [0.29, 0.717) is 11.6 Å². The van der Waals surface area contributed by atoms with E-state index in [0.717, 1.165) is 12.1 Å². The van der Waals surface area contributed by atoms with Gasteiger partial charge in [0, 0.05) is 29.2 Å². The van der Waals surface area contributed by atoms with Crippen molar-refractivity contribution in [3.63, 3.8) is 0 Å². The molecular weight excluding hydrogens is 272 g/mol. The first kappa shape index (κ1) is 15.8. The SMILES string of the molecule is CN(C)C1(CNCC(O)c2ccccc2Cl)CCCC1. The van der Waals surface area contributed by atoms with Crippen LogP contribution in [0.15, 0.2) is 24.3 Å². The fraction of sp³-hybridized carbons (Fsp3) is 0.625. The second kappa shape index (κ2) is 6.90. The number of halogens is 1. The molecule has 0 aliphatic heterocycles. The molecule has 4 heteroatoms. The van der Waals surface area contributed by atoms with Gasteiger partial charge in [-0.25, -0.2) is 0 Å². The Bertz CT molecular complexity index is 430. The van der Waals surface area contributed by atoms with Gasteiger partial charge < -0.3 is 15.3 Å². The van der Waals surface area contributed by atoms with Crippen LogP contribution in [0.4, 0.5) is 0 Å². The number of rotatable bonds is 6. The van der Waals surface area contributed by atoms with Gasteiger partial charge in [0.15, 0.2) is 0 Å². The summed E-state index contributed by atoms with van der Waals surface area (Å²) in [5, 5.41) is 14.3. The first-order valence-corrected chi connectivity index (χ1v) is 7.74. The number of aliphatic hydroxyl groups excluding tert-OH is 1. The van der Waals surface area contributed by atoms with E-state index in [1.165, 1.54) is 25.7 Å². The lowest BCUT2D eigenvalue weighted by Gasteiger charge is -2.37. The molecule has 1 unspecified atom stereocenters. The highest BCUT2D eigenvalue weighted by Crippen LogP contribution is 2.33. The van der Waals surface area contributed by atoms with Crippen molar-refractivity contribution in [1.29, 1.82) is 0 Å². The third kappa shape index (κ3) is 3.53. The lowest BCUT2D eigenvalue weighted by molar-refractivity contribution is 0.134. The summed E-state index contributed by atoms with van der Waals surface area (Å²) in [5.74, 6) is 0. The molecule has 0 amide bonds. The third-order valence-electron chi connectivity index (χ3n) is 4.54. The Balaban J connectivity index is 1.88. The average molecular weight is 297 g/mol. The van der Waals surface area contributed by atoms with Gasteiger partial charge >= 0.3 is 0 Å². The molecule has 1 fully saturated rings. The Labute approximate surface area is 126 Å². The van der Waals surface area contributed by atoms with Crippen molar-refractivity contribution >= 4 is 11.6 Å². The minimum absolute atomic E-state index is 0.250. The van der Waals surface area contributed by atoms with Crippen LogP contribution in [0, 0.1) is 0 Å². The van der Waals surface area contributed by atoms with E-state index in [-0.39, 0.29) is 5.54 Å². The molecule has 1 atom stereocenters. The van der Waals surface area contributed by atoms with Crippen LogP contribution in [0.1, 0.15) is 37.4 Å². The molecule has 0 saturated heterocycles. The Morgan fingerprint density at radius 1 is 1.30 bits per heavy atom. The minimum Gasteiger partial charge on any atom is -0.387 e. The van der Waals surface area contributed by atoms with E-state index in [1.54, 1.807) is 0 Å².